The summed E-state index contributed by atoms with van der Waals surface area (Å²) in [5.74, 6) is 1.64. The quantitative estimate of drug-likeness (QED) is 0.339. The first-order valence-electron chi connectivity index (χ1n) is 12.7. The summed E-state index contributed by atoms with van der Waals surface area (Å²) in [4.78, 5) is 13.7. The second kappa shape index (κ2) is 8.79. The maximum Gasteiger partial charge on any atom is 0.181 e. The molecule has 0 spiro atoms. The van der Waals surface area contributed by atoms with Gasteiger partial charge in [0.05, 0.1) is 11.4 Å². The number of nitrogens with zero attached hydrogens (tertiary/aromatic N) is 5. The van der Waals surface area contributed by atoms with Gasteiger partial charge in [0.1, 0.15) is 29.6 Å². The van der Waals surface area contributed by atoms with E-state index in [-0.39, 0.29) is 18.2 Å². The molecule has 0 atom stereocenters. The summed E-state index contributed by atoms with van der Waals surface area (Å²) < 4.78 is 28.1. The van der Waals surface area contributed by atoms with Crippen molar-refractivity contribution in [3.05, 3.63) is 83.5 Å². The molecule has 8 nitrogen and oxygen atoms in total. The van der Waals surface area contributed by atoms with Crippen LogP contribution in [0.5, 0.6) is 5.75 Å². The van der Waals surface area contributed by atoms with Gasteiger partial charge in [-0.2, -0.15) is 5.10 Å². The van der Waals surface area contributed by atoms with E-state index in [9.17, 15) is 4.39 Å². The fourth-order valence-corrected chi connectivity index (χ4v) is 5.17. The maximum atomic E-state index is 14.3. The van der Waals surface area contributed by atoms with Crippen LogP contribution in [0, 0.1) is 18.7 Å². The van der Waals surface area contributed by atoms with Crippen LogP contribution in [0.15, 0.2) is 59.6 Å². The lowest BCUT2D eigenvalue weighted by Crippen LogP contribution is -2.08. The Balaban J connectivity index is 1.53. The van der Waals surface area contributed by atoms with Crippen molar-refractivity contribution in [3.63, 3.8) is 0 Å². The molecule has 2 bridgehead atoms. The first-order chi connectivity index (χ1) is 18.5. The number of hydrogen-bond donors (Lipinski definition) is 1. The standard InChI is InChI=1S/C29H25FN6O2/c1-16-25(34-15-38-16)27-23-10-18-3-2-8-32-26(18)22-7-6-21(30)9-20(22)14-37-24-11-19(12-33-29(24)31)28(23)36(35-27)13-17-4-5-17/h2-3,6-9,11-12,15,17H,4-5,10,13-14H2,1H3,(H2,31,33). The van der Waals surface area contributed by atoms with Crippen molar-refractivity contribution < 1.29 is 13.5 Å². The highest BCUT2D eigenvalue weighted by Crippen LogP contribution is 2.41. The van der Waals surface area contributed by atoms with E-state index in [1.165, 1.54) is 31.4 Å². The van der Waals surface area contributed by atoms with E-state index in [0.29, 0.717) is 35.1 Å². The Morgan fingerprint density at radius 2 is 1.95 bits per heavy atom. The second-order valence-corrected chi connectivity index (χ2v) is 9.94. The molecule has 38 heavy (non-hydrogen) atoms. The van der Waals surface area contributed by atoms with Crippen LogP contribution in [0.4, 0.5) is 10.2 Å². The first-order valence-corrected chi connectivity index (χ1v) is 12.7. The molecule has 0 amide bonds. The third kappa shape index (κ3) is 3.91. The highest BCUT2D eigenvalue weighted by molar-refractivity contribution is 5.77. The third-order valence-corrected chi connectivity index (χ3v) is 7.27. The summed E-state index contributed by atoms with van der Waals surface area (Å²) >= 11 is 0. The van der Waals surface area contributed by atoms with E-state index < -0.39 is 0 Å². The largest absolute Gasteiger partial charge is 0.485 e. The van der Waals surface area contributed by atoms with Crippen molar-refractivity contribution in [2.75, 3.05) is 5.73 Å². The van der Waals surface area contributed by atoms with Gasteiger partial charge in [0.25, 0.3) is 0 Å². The Labute approximate surface area is 218 Å². The lowest BCUT2D eigenvalue weighted by atomic mass is 9.93. The highest BCUT2D eigenvalue weighted by atomic mass is 19.1. The SMILES string of the molecule is Cc1ocnc1-c1nn(CC2CC2)c2c1Cc1cccnc1-c1ccc(F)cc1COc1cc-2cnc1N. The van der Waals surface area contributed by atoms with E-state index in [2.05, 4.69) is 20.7 Å². The van der Waals surface area contributed by atoms with Gasteiger partial charge in [-0.15, -0.1) is 0 Å². The maximum absolute atomic E-state index is 14.3. The second-order valence-electron chi connectivity index (χ2n) is 9.94. The van der Waals surface area contributed by atoms with Crippen molar-refractivity contribution in [1.82, 2.24) is 24.7 Å². The van der Waals surface area contributed by atoms with Gasteiger partial charge in [-0.05, 0) is 61.6 Å². The number of benzene rings is 1. The van der Waals surface area contributed by atoms with Gasteiger partial charge in [0, 0.05) is 47.6 Å². The minimum Gasteiger partial charge on any atom is -0.485 e. The highest BCUT2D eigenvalue weighted by Gasteiger charge is 2.30. The zero-order valence-electron chi connectivity index (χ0n) is 20.8. The molecule has 2 N–H and O–H groups in total. The molecule has 0 saturated heterocycles. The van der Waals surface area contributed by atoms with Gasteiger partial charge >= 0.3 is 0 Å². The zero-order valence-corrected chi connectivity index (χ0v) is 20.8. The lowest BCUT2D eigenvalue weighted by molar-refractivity contribution is 0.307. The van der Waals surface area contributed by atoms with Gasteiger partial charge in [0.2, 0.25) is 0 Å². The number of hydrogen-bond acceptors (Lipinski definition) is 7. The van der Waals surface area contributed by atoms with E-state index in [4.69, 9.17) is 25.0 Å². The fraction of sp³-hybridized carbons (Fsp3) is 0.241. The lowest BCUT2D eigenvalue weighted by Gasteiger charge is -2.18. The van der Waals surface area contributed by atoms with Crippen LogP contribution in [0.25, 0.3) is 33.9 Å². The number of rotatable bonds is 3. The monoisotopic (exact) mass is 508 g/mol. The molecule has 1 fully saturated rings. The van der Waals surface area contributed by atoms with Crippen LogP contribution in [0.2, 0.25) is 0 Å². The summed E-state index contributed by atoms with van der Waals surface area (Å²) in [6.07, 6.45) is 7.85. The molecular formula is C29H25FN6O2. The van der Waals surface area contributed by atoms with E-state index in [0.717, 1.165) is 45.9 Å². The van der Waals surface area contributed by atoms with Crippen LogP contribution in [0.1, 0.15) is 35.3 Å². The molecular weight excluding hydrogens is 483 g/mol. The molecule has 2 aliphatic rings. The number of halogens is 1. The van der Waals surface area contributed by atoms with Crippen LogP contribution < -0.4 is 10.5 Å². The Hall–Kier alpha value is -4.53. The van der Waals surface area contributed by atoms with Gasteiger partial charge < -0.3 is 14.9 Å². The molecule has 1 aliphatic heterocycles. The fourth-order valence-electron chi connectivity index (χ4n) is 5.17. The molecule has 1 aromatic carbocycles. The van der Waals surface area contributed by atoms with Gasteiger partial charge in [0.15, 0.2) is 18.0 Å². The molecule has 1 aliphatic carbocycles. The summed E-state index contributed by atoms with van der Waals surface area (Å²) in [5, 5.41) is 5.10. The Bertz CT molecular complexity index is 1690. The summed E-state index contributed by atoms with van der Waals surface area (Å²) in [5.41, 5.74) is 13.7. The molecule has 4 aromatic heterocycles. The molecule has 5 heterocycles. The number of nitrogens with two attached hydrogens (primary N) is 1. The minimum atomic E-state index is -0.343. The molecule has 9 heteroatoms. The van der Waals surface area contributed by atoms with Gasteiger partial charge in [-0.3, -0.25) is 9.67 Å². The van der Waals surface area contributed by atoms with E-state index in [1.54, 1.807) is 18.5 Å². The number of nitrogen functional groups attached to an aromatic ring is 1. The third-order valence-electron chi connectivity index (χ3n) is 7.27. The Morgan fingerprint density at radius 3 is 2.76 bits per heavy atom. The molecule has 0 unspecified atom stereocenters. The predicted molar refractivity (Wildman–Crippen MR) is 140 cm³/mol. The van der Waals surface area contributed by atoms with Crippen molar-refractivity contribution in [2.45, 2.75) is 39.3 Å². The normalized spacial score (nSPS) is 14.5. The molecule has 7 rings (SSSR count). The number of anilines is 1. The molecule has 5 aromatic rings. The Morgan fingerprint density at radius 1 is 1.05 bits per heavy atom. The molecule has 190 valence electrons. The number of pyridine rings is 2. The minimum absolute atomic E-state index is 0.121. The number of aromatic nitrogens is 5. The zero-order chi connectivity index (χ0) is 25.8. The van der Waals surface area contributed by atoms with Crippen LogP contribution in [-0.4, -0.2) is 24.7 Å². The molecule has 1 saturated carbocycles. The smallest absolute Gasteiger partial charge is 0.181 e. The summed E-state index contributed by atoms with van der Waals surface area (Å²) in [6.45, 7) is 2.80. The number of oxazole rings is 1. The van der Waals surface area contributed by atoms with Crippen molar-refractivity contribution in [3.8, 4) is 39.7 Å². The van der Waals surface area contributed by atoms with E-state index in [1.807, 2.05) is 19.1 Å². The Kier molecular flexibility index (Phi) is 5.24. The number of fused-ring (bicyclic) bond motifs is 7. The van der Waals surface area contributed by atoms with Gasteiger partial charge in [-0.25, -0.2) is 14.4 Å². The van der Waals surface area contributed by atoms with Crippen LogP contribution >= 0.6 is 0 Å². The summed E-state index contributed by atoms with van der Waals surface area (Å²) in [7, 11) is 0. The van der Waals surface area contributed by atoms with E-state index >= 15 is 0 Å². The predicted octanol–water partition coefficient (Wildman–Crippen LogP) is 5.59. The summed E-state index contributed by atoms with van der Waals surface area (Å²) in [6, 6.07) is 10.6. The van der Waals surface area contributed by atoms with Crippen molar-refractivity contribution in [2.24, 2.45) is 5.92 Å². The van der Waals surface area contributed by atoms with Crippen LogP contribution in [-0.2, 0) is 19.6 Å². The average Bonchev–Trinajstić information content (AvgIpc) is 3.53. The van der Waals surface area contributed by atoms with Crippen molar-refractivity contribution >= 4 is 5.82 Å². The number of ether oxygens (including phenoxy) is 1. The first kappa shape index (κ1) is 22.7. The average molecular weight is 509 g/mol. The van der Waals surface area contributed by atoms with Crippen LogP contribution in [0.3, 0.4) is 0 Å². The number of aryl methyl sites for hydroxylation is 1. The topological polar surface area (TPSA) is 105 Å². The van der Waals surface area contributed by atoms with Crippen molar-refractivity contribution in [1.29, 1.82) is 0 Å². The van der Waals surface area contributed by atoms with Gasteiger partial charge in [-0.1, -0.05) is 6.07 Å². The molecule has 0 radical (unpaired) electrons.